The Labute approximate surface area is 214 Å². The van der Waals surface area contributed by atoms with E-state index in [0.29, 0.717) is 5.75 Å². The van der Waals surface area contributed by atoms with Gasteiger partial charge in [-0.15, -0.1) is 0 Å². The van der Waals surface area contributed by atoms with Gasteiger partial charge in [0.25, 0.3) is 0 Å². The summed E-state index contributed by atoms with van der Waals surface area (Å²) in [6.45, 7) is 2.56. The molecule has 2 aliphatic rings. The van der Waals surface area contributed by atoms with Crippen molar-refractivity contribution in [1.29, 1.82) is 0 Å². The molecule has 0 aromatic heterocycles. The van der Waals surface area contributed by atoms with Crippen LogP contribution in [-0.4, -0.2) is 75.6 Å². The maximum atomic E-state index is 12.4. The van der Waals surface area contributed by atoms with Gasteiger partial charge < -0.3 is 28.7 Å². The number of hydrogen-bond acceptors (Lipinski definition) is 10. The molecule has 0 aliphatic carbocycles. The Morgan fingerprint density at radius 3 is 2.58 bits per heavy atom. The molecule has 1 amide bonds. The molecule has 0 radical (unpaired) electrons. The molecule has 0 spiro atoms. The Balaban J connectivity index is 1.76. The molecule has 1 aromatic carbocycles. The number of aliphatic hydroxyl groups excluding tert-OH is 1. The Kier molecular flexibility index (Phi) is 9.05. The van der Waals surface area contributed by atoms with Gasteiger partial charge in [0.2, 0.25) is 5.91 Å². The number of nitrogens with one attached hydrogen (secondary N) is 1. The van der Waals surface area contributed by atoms with E-state index in [1.807, 2.05) is 0 Å². The summed E-state index contributed by atoms with van der Waals surface area (Å²) in [4.78, 5) is 37.3. The third-order valence-electron chi connectivity index (χ3n) is 5.48. The summed E-state index contributed by atoms with van der Waals surface area (Å²) in [5.74, 6) is -1.10. The first-order chi connectivity index (χ1) is 16.8. The van der Waals surface area contributed by atoms with Crippen molar-refractivity contribution in [1.82, 2.24) is 9.99 Å². The summed E-state index contributed by atoms with van der Waals surface area (Å²) in [6, 6.07) is 7.74. The standard InChI is InChI=1S/C23H31N2O9PS/c1-14(2)32-21(29)15(3)24-35(36,34-17-8-6-5-7-9-17)31-13-18-20(28)23(4,30)22(33-18)25-11-10-16(26)12-19(25)27/h5-11,14-15,18,20,22,28,30H,12-13H2,1-4H3,(H,24,36)/t15-,18+,20+,22+,23+,35+/m0/s1. The third-order valence-corrected chi connectivity index (χ3v) is 7.98. The number of carbonyl (C=O) groups excluding carboxylic acids is 3. The van der Waals surface area contributed by atoms with Gasteiger partial charge in [0, 0.05) is 6.20 Å². The number of ether oxygens (including phenoxy) is 2. The average Bonchev–Trinajstić information content (AvgIpc) is 3.01. The predicted octanol–water partition coefficient (Wildman–Crippen LogP) is 1.39. The van der Waals surface area contributed by atoms with Gasteiger partial charge in [0.1, 0.15) is 29.6 Å². The van der Waals surface area contributed by atoms with Crippen LogP contribution in [0.4, 0.5) is 0 Å². The zero-order chi connectivity index (χ0) is 26.7. The highest BCUT2D eigenvalue weighted by atomic mass is 32.5. The van der Waals surface area contributed by atoms with E-state index in [2.05, 4.69) is 5.09 Å². The second-order valence-corrected chi connectivity index (χ2v) is 12.1. The van der Waals surface area contributed by atoms with E-state index >= 15 is 0 Å². The van der Waals surface area contributed by atoms with Crippen molar-refractivity contribution >= 4 is 36.1 Å². The molecule has 1 aromatic rings. The Hall–Kier alpha value is -2.18. The summed E-state index contributed by atoms with van der Waals surface area (Å²) in [5, 5.41) is 24.6. The maximum absolute atomic E-state index is 12.4. The summed E-state index contributed by atoms with van der Waals surface area (Å²) in [7, 11) is 0. The molecule has 2 heterocycles. The molecule has 6 atom stereocenters. The molecule has 0 saturated carbocycles. The second-order valence-electron chi connectivity index (χ2n) is 8.99. The van der Waals surface area contributed by atoms with Gasteiger partial charge in [0.05, 0.1) is 19.1 Å². The monoisotopic (exact) mass is 542 g/mol. The van der Waals surface area contributed by atoms with Crippen LogP contribution in [0, 0.1) is 0 Å². The number of aliphatic hydroxyl groups is 2. The molecule has 198 valence electrons. The highest BCUT2D eigenvalue weighted by Gasteiger charge is 2.55. The molecule has 3 N–H and O–H groups in total. The van der Waals surface area contributed by atoms with Crippen LogP contribution in [0.3, 0.4) is 0 Å². The topological polar surface area (TPSA) is 144 Å². The van der Waals surface area contributed by atoms with E-state index in [0.717, 1.165) is 4.90 Å². The number of benzene rings is 1. The van der Waals surface area contributed by atoms with Crippen LogP contribution in [-0.2, 0) is 40.2 Å². The lowest BCUT2D eigenvalue weighted by molar-refractivity contribution is -0.158. The van der Waals surface area contributed by atoms with Crippen LogP contribution in [0.5, 0.6) is 5.75 Å². The number of nitrogens with zero attached hydrogens (tertiary/aromatic N) is 1. The fraction of sp³-hybridized carbons (Fsp3) is 0.522. The minimum Gasteiger partial charge on any atom is -0.462 e. The summed E-state index contributed by atoms with van der Waals surface area (Å²) < 4.78 is 22.8. The number of amides is 1. The maximum Gasteiger partial charge on any atom is 0.323 e. The van der Waals surface area contributed by atoms with Gasteiger partial charge in [-0.25, -0.2) is 5.09 Å². The van der Waals surface area contributed by atoms with Gasteiger partial charge in [-0.1, -0.05) is 18.2 Å². The van der Waals surface area contributed by atoms with Crippen molar-refractivity contribution in [2.75, 3.05) is 6.61 Å². The van der Waals surface area contributed by atoms with Crippen LogP contribution >= 0.6 is 6.64 Å². The number of allylic oxidation sites excluding steroid dienone is 1. The minimum atomic E-state index is -3.42. The van der Waals surface area contributed by atoms with E-state index in [4.69, 9.17) is 30.3 Å². The van der Waals surface area contributed by atoms with Crippen molar-refractivity contribution in [3.05, 3.63) is 42.6 Å². The number of ketones is 1. The third kappa shape index (κ3) is 6.77. The number of carbonyl (C=O) groups is 3. The van der Waals surface area contributed by atoms with E-state index in [9.17, 15) is 24.6 Å². The van der Waals surface area contributed by atoms with Gasteiger partial charge in [-0.2, -0.15) is 0 Å². The Morgan fingerprint density at radius 2 is 1.97 bits per heavy atom. The lowest BCUT2D eigenvalue weighted by atomic mass is 9.95. The fourth-order valence-corrected chi connectivity index (χ4v) is 6.06. The molecule has 36 heavy (non-hydrogen) atoms. The smallest absolute Gasteiger partial charge is 0.323 e. The molecular weight excluding hydrogens is 511 g/mol. The molecule has 0 bridgehead atoms. The Morgan fingerprint density at radius 1 is 1.31 bits per heavy atom. The normalized spacial score (nSPS) is 28.8. The number of hydrogen-bond donors (Lipinski definition) is 3. The lowest BCUT2D eigenvalue weighted by Crippen LogP contribution is -2.54. The quantitative estimate of drug-likeness (QED) is 0.224. The average molecular weight is 543 g/mol. The fourth-order valence-electron chi connectivity index (χ4n) is 3.64. The van der Waals surface area contributed by atoms with Crippen molar-refractivity contribution in [3.63, 3.8) is 0 Å². The first-order valence-corrected chi connectivity index (χ1v) is 14.0. The molecule has 1 fully saturated rings. The van der Waals surface area contributed by atoms with E-state index in [1.165, 1.54) is 19.2 Å². The van der Waals surface area contributed by atoms with Crippen LogP contribution < -0.4 is 9.61 Å². The van der Waals surface area contributed by atoms with Gasteiger partial charge >= 0.3 is 12.6 Å². The zero-order valence-electron chi connectivity index (χ0n) is 20.4. The van der Waals surface area contributed by atoms with Crippen LogP contribution in [0.1, 0.15) is 34.1 Å². The van der Waals surface area contributed by atoms with Crippen LogP contribution in [0.25, 0.3) is 0 Å². The number of esters is 1. The highest BCUT2D eigenvalue weighted by molar-refractivity contribution is 8.09. The van der Waals surface area contributed by atoms with Crippen molar-refractivity contribution in [2.45, 2.75) is 70.3 Å². The minimum absolute atomic E-state index is 0.332. The van der Waals surface area contributed by atoms with E-state index < -0.39 is 48.6 Å². The molecule has 11 nitrogen and oxygen atoms in total. The second kappa shape index (κ2) is 11.5. The number of para-hydroxylation sites is 1. The molecule has 3 rings (SSSR count). The predicted molar refractivity (Wildman–Crippen MR) is 132 cm³/mol. The van der Waals surface area contributed by atoms with E-state index in [-0.39, 0.29) is 24.9 Å². The van der Waals surface area contributed by atoms with Crippen molar-refractivity contribution in [2.24, 2.45) is 0 Å². The zero-order valence-corrected chi connectivity index (χ0v) is 22.1. The summed E-state index contributed by atoms with van der Waals surface area (Å²) >= 11 is 5.64. The highest BCUT2D eigenvalue weighted by Crippen LogP contribution is 2.46. The first-order valence-electron chi connectivity index (χ1n) is 11.4. The SMILES string of the molecule is CC(C)OC(=O)[C@H](C)N[P@@](=S)(OC[C@H]1O[C@@H](N2C=CC(=O)CC2=O)[C@](C)(O)[C@@H]1O)Oc1ccccc1. The summed E-state index contributed by atoms with van der Waals surface area (Å²) in [6.07, 6.45) is -2.13. The molecule has 1 saturated heterocycles. The molecule has 0 unspecified atom stereocenters. The summed E-state index contributed by atoms with van der Waals surface area (Å²) in [5.41, 5.74) is -1.88. The molecule has 13 heteroatoms. The van der Waals surface area contributed by atoms with Crippen LogP contribution in [0.15, 0.2) is 42.6 Å². The molecular formula is C23H31N2O9PS. The van der Waals surface area contributed by atoms with Gasteiger partial charge in [-0.05, 0) is 57.7 Å². The van der Waals surface area contributed by atoms with Crippen LogP contribution in [0.2, 0.25) is 0 Å². The van der Waals surface area contributed by atoms with Crippen molar-refractivity contribution in [3.8, 4) is 5.75 Å². The molecule has 2 aliphatic heterocycles. The van der Waals surface area contributed by atoms with Gasteiger partial charge in [0.15, 0.2) is 12.0 Å². The Bertz CT molecular complexity index is 1050. The lowest BCUT2D eigenvalue weighted by Gasteiger charge is -2.34. The first kappa shape index (κ1) is 28.4. The van der Waals surface area contributed by atoms with E-state index in [1.54, 1.807) is 51.1 Å². The largest absolute Gasteiger partial charge is 0.462 e. The van der Waals surface area contributed by atoms with Crippen molar-refractivity contribution < 1.29 is 43.1 Å². The number of rotatable bonds is 10. The van der Waals surface area contributed by atoms with Gasteiger partial charge in [-0.3, -0.25) is 19.3 Å².